The van der Waals surface area contributed by atoms with Gasteiger partial charge in [0.2, 0.25) is 0 Å². The minimum Gasteiger partial charge on any atom is -0.455 e. The van der Waals surface area contributed by atoms with Crippen LogP contribution in [0.3, 0.4) is 0 Å². The van der Waals surface area contributed by atoms with Gasteiger partial charge in [-0.1, -0.05) is 25.6 Å². The first kappa shape index (κ1) is 15.4. The fraction of sp³-hybridized carbons (Fsp3) is 0.643. The number of amides is 1. The molecule has 0 aromatic carbocycles. The summed E-state index contributed by atoms with van der Waals surface area (Å²) >= 11 is 0.483. The van der Waals surface area contributed by atoms with Crippen LogP contribution < -0.4 is 5.32 Å². The van der Waals surface area contributed by atoms with Gasteiger partial charge in [0.15, 0.2) is 5.76 Å². The van der Waals surface area contributed by atoms with Gasteiger partial charge in [0, 0.05) is 6.04 Å². The fourth-order valence-corrected chi connectivity index (χ4v) is 2.98. The second kappa shape index (κ2) is 6.16. The molecule has 0 aliphatic heterocycles. The standard InChI is InChI=1S/C14H19F2NO2S/c1-14(2)6-5-9(7-14)17-12(18)11-4-3-10(19-11)8-20-13(15)16/h3-4,9,13H,5-8H2,1-2H3,(H,17,18). The summed E-state index contributed by atoms with van der Waals surface area (Å²) in [7, 11) is 0. The third kappa shape index (κ3) is 4.23. The number of alkyl halides is 2. The zero-order valence-corrected chi connectivity index (χ0v) is 12.4. The van der Waals surface area contributed by atoms with Crippen molar-refractivity contribution in [3.8, 4) is 0 Å². The number of nitrogens with one attached hydrogen (secondary N) is 1. The molecule has 0 radical (unpaired) electrons. The molecule has 6 heteroatoms. The Morgan fingerprint density at radius 1 is 1.55 bits per heavy atom. The molecule has 1 heterocycles. The zero-order valence-electron chi connectivity index (χ0n) is 11.6. The van der Waals surface area contributed by atoms with Gasteiger partial charge in [-0.15, -0.1) is 0 Å². The van der Waals surface area contributed by atoms with Crippen LogP contribution in [0.2, 0.25) is 0 Å². The molecule has 1 saturated carbocycles. The number of halogens is 2. The zero-order chi connectivity index (χ0) is 14.8. The number of hydrogen-bond donors (Lipinski definition) is 1. The Morgan fingerprint density at radius 2 is 2.30 bits per heavy atom. The molecule has 0 bridgehead atoms. The van der Waals surface area contributed by atoms with Crippen molar-refractivity contribution in [3.05, 3.63) is 23.7 Å². The molecule has 112 valence electrons. The molecule has 1 aliphatic rings. The highest BCUT2D eigenvalue weighted by Crippen LogP contribution is 2.37. The summed E-state index contributed by atoms with van der Waals surface area (Å²) in [6, 6.07) is 3.28. The molecule has 1 unspecified atom stereocenters. The minimum absolute atomic E-state index is 0.0708. The maximum atomic E-state index is 12.1. The summed E-state index contributed by atoms with van der Waals surface area (Å²) in [5.41, 5.74) is 0.264. The Kier molecular flexibility index (Phi) is 4.73. The van der Waals surface area contributed by atoms with E-state index < -0.39 is 5.76 Å². The molecule has 1 fully saturated rings. The van der Waals surface area contributed by atoms with Crippen molar-refractivity contribution in [3.63, 3.8) is 0 Å². The van der Waals surface area contributed by atoms with Crippen LogP contribution in [0.1, 0.15) is 49.4 Å². The van der Waals surface area contributed by atoms with Crippen molar-refractivity contribution < 1.29 is 18.0 Å². The average molecular weight is 303 g/mol. The maximum Gasteiger partial charge on any atom is 0.287 e. The first-order valence-corrected chi connectivity index (χ1v) is 7.70. The van der Waals surface area contributed by atoms with E-state index >= 15 is 0 Å². The van der Waals surface area contributed by atoms with Gasteiger partial charge in [0.05, 0.1) is 5.75 Å². The lowest BCUT2D eigenvalue weighted by Crippen LogP contribution is -2.33. The average Bonchev–Trinajstić information content (AvgIpc) is 2.93. The third-order valence-corrected chi connectivity index (χ3v) is 4.24. The molecule has 0 spiro atoms. The highest BCUT2D eigenvalue weighted by atomic mass is 32.2. The van der Waals surface area contributed by atoms with Crippen LogP contribution in [0, 0.1) is 5.41 Å². The Balaban J connectivity index is 1.87. The van der Waals surface area contributed by atoms with Crippen LogP contribution in [0.15, 0.2) is 16.5 Å². The van der Waals surface area contributed by atoms with E-state index in [0.29, 0.717) is 17.5 Å². The van der Waals surface area contributed by atoms with Crippen molar-refractivity contribution >= 4 is 17.7 Å². The minimum atomic E-state index is -2.43. The van der Waals surface area contributed by atoms with Gasteiger partial charge in [-0.05, 0) is 36.8 Å². The Hall–Kier alpha value is -1.04. The lowest BCUT2D eigenvalue weighted by Gasteiger charge is -2.17. The lowest BCUT2D eigenvalue weighted by molar-refractivity contribution is 0.0906. The molecular formula is C14H19F2NO2S. The first-order chi connectivity index (χ1) is 9.35. The van der Waals surface area contributed by atoms with Gasteiger partial charge in [-0.25, -0.2) is 0 Å². The molecule has 20 heavy (non-hydrogen) atoms. The third-order valence-electron chi connectivity index (χ3n) is 3.54. The summed E-state index contributed by atoms with van der Waals surface area (Å²) in [6.45, 7) is 4.37. The van der Waals surface area contributed by atoms with Crippen LogP contribution in [0.25, 0.3) is 0 Å². The predicted molar refractivity (Wildman–Crippen MR) is 74.9 cm³/mol. The molecule has 1 atom stereocenters. The number of hydrogen-bond acceptors (Lipinski definition) is 3. The molecular weight excluding hydrogens is 284 g/mol. The normalized spacial score (nSPS) is 21.4. The summed E-state index contributed by atoms with van der Waals surface area (Å²) in [5.74, 6) is -2.03. The second-order valence-corrected chi connectivity index (χ2v) is 6.89. The lowest BCUT2D eigenvalue weighted by atomic mass is 9.92. The molecule has 1 aromatic rings. The Morgan fingerprint density at radius 3 is 2.90 bits per heavy atom. The molecule has 1 aliphatic carbocycles. The Bertz CT molecular complexity index is 473. The molecule has 2 rings (SSSR count). The van der Waals surface area contributed by atoms with E-state index in [1.807, 2.05) is 0 Å². The Labute approximate surface area is 121 Å². The molecule has 0 saturated heterocycles. The van der Waals surface area contributed by atoms with Gasteiger partial charge in [0.1, 0.15) is 5.76 Å². The van der Waals surface area contributed by atoms with Crippen molar-refractivity contribution in [2.75, 3.05) is 0 Å². The van der Waals surface area contributed by atoms with Gasteiger partial charge >= 0.3 is 0 Å². The van der Waals surface area contributed by atoms with Crippen LogP contribution in [0.4, 0.5) is 8.78 Å². The largest absolute Gasteiger partial charge is 0.455 e. The van der Waals surface area contributed by atoms with E-state index in [0.717, 1.165) is 19.3 Å². The summed E-state index contributed by atoms with van der Waals surface area (Å²) in [5, 5.41) is 2.94. The van der Waals surface area contributed by atoms with Gasteiger partial charge in [0.25, 0.3) is 11.7 Å². The predicted octanol–water partition coefficient (Wildman–Crippen LogP) is 4.04. The van der Waals surface area contributed by atoms with E-state index in [-0.39, 0.29) is 28.9 Å². The van der Waals surface area contributed by atoms with Crippen LogP contribution in [-0.2, 0) is 5.75 Å². The quantitative estimate of drug-likeness (QED) is 0.892. The summed E-state index contributed by atoms with van der Waals surface area (Å²) in [4.78, 5) is 12.0. The highest BCUT2D eigenvalue weighted by Gasteiger charge is 2.32. The van der Waals surface area contributed by atoms with E-state index in [1.165, 1.54) is 6.07 Å². The maximum absolute atomic E-state index is 12.1. The monoisotopic (exact) mass is 303 g/mol. The topological polar surface area (TPSA) is 42.2 Å². The highest BCUT2D eigenvalue weighted by molar-refractivity contribution is 7.98. The van der Waals surface area contributed by atoms with Crippen molar-refractivity contribution in [1.29, 1.82) is 0 Å². The molecule has 3 nitrogen and oxygen atoms in total. The van der Waals surface area contributed by atoms with Crippen molar-refractivity contribution in [2.45, 2.75) is 50.7 Å². The van der Waals surface area contributed by atoms with E-state index in [1.54, 1.807) is 6.07 Å². The number of rotatable bonds is 5. The fourth-order valence-electron chi connectivity index (χ4n) is 2.54. The first-order valence-electron chi connectivity index (χ1n) is 6.65. The number of carbonyl (C=O) groups excluding carboxylic acids is 1. The smallest absolute Gasteiger partial charge is 0.287 e. The van der Waals surface area contributed by atoms with E-state index in [2.05, 4.69) is 19.2 Å². The van der Waals surface area contributed by atoms with Crippen LogP contribution in [0.5, 0.6) is 0 Å². The molecule has 1 aromatic heterocycles. The van der Waals surface area contributed by atoms with Gasteiger partial charge < -0.3 is 9.73 Å². The van der Waals surface area contributed by atoms with Crippen molar-refractivity contribution in [1.82, 2.24) is 5.32 Å². The van der Waals surface area contributed by atoms with Crippen LogP contribution >= 0.6 is 11.8 Å². The van der Waals surface area contributed by atoms with Crippen LogP contribution in [-0.4, -0.2) is 17.7 Å². The number of thioether (sulfide) groups is 1. The summed E-state index contributed by atoms with van der Waals surface area (Å²) in [6.07, 6.45) is 3.01. The van der Waals surface area contributed by atoms with E-state index in [4.69, 9.17) is 4.42 Å². The number of carbonyl (C=O) groups is 1. The van der Waals surface area contributed by atoms with Gasteiger partial charge in [-0.3, -0.25) is 4.79 Å². The molecule has 1 amide bonds. The second-order valence-electron chi connectivity index (χ2n) is 5.92. The summed E-state index contributed by atoms with van der Waals surface area (Å²) < 4.78 is 29.4. The molecule has 1 N–H and O–H groups in total. The van der Waals surface area contributed by atoms with Crippen molar-refractivity contribution in [2.24, 2.45) is 5.41 Å². The SMILES string of the molecule is CC1(C)CCC(NC(=O)c2ccc(CSC(F)F)o2)C1. The van der Waals surface area contributed by atoms with Gasteiger partial charge in [-0.2, -0.15) is 8.78 Å². The number of furan rings is 1. The van der Waals surface area contributed by atoms with E-state index in [9.17, 15) is 13.6 Å².